The van der Waals surface area contributed by atoms with Gasteiger partial charge in [0.15, 0.2) is 5.96 Å². The standard InChI is InChI=1S/C13H20N4O/c1-14-13(16-8-10-3-4-10)17-9-11-5-6-15-12(7-11)18-2/h5-7,10H,3-4,8-9H2,1-2H3,(H2,14,16,17). The number of ether oxygens (including phenoxy) is 1. The molecule has 1 aromatic heterocycles. The molecule has 0 radical (unpaired) electrons. The molecule has 5 nitrogen and oxygen atoms in total. The van der Waals surface area contributed by atoms with Gasteiger partial charge in [0.05, 0.1) is 7.11 Å². The van der Waals surface area contributed by atoms with Crippen molar-refractivity contribution in [1.29, 1.82) is 0 Å². The first-order valence-electron chi connectivity index (χ1n) is 6.25. The minimum atomic E-state index is 0.634. The van der Waals surface area contributed by atoms with Crippen LogP contribution in [-0.4, -0.2) is 31.6 Å². The summed E-state index contributed by atoms with van der Waals surface area (Å²) < 4.78 is 5.09. The van der Waals surface area contributed by atoms with Gasteiger partial charge in [0.1, 0.15) is 0 Å². The molecule has 0 atom stereocenters. The predicted octanol–water partition coefficient (Wildman–Crippen LogP) is 1.17. The van der Waals surface area contributed by atoms with E-state index < -0.39 is 0 Å². The maximum atomic E-state index is 5.09. The monoisotopic (exact) mass is 248 g/mol. The van der Waals surface area contributed by atoms with Crippen molar-refractivity contribution in [2.45, 2.75) is 19.4 Å². The molecule has 0 spiro atoms. The van der Waals surface area contributed by atoms with E-state index in [1.807, 2.05) is 12.1 Å². The lowest BCUT2D eigenvalue weighted by Gasteiger charge is -2.11. The first-order valence-corrected chi connectivity index (χ1v) is 6.25. The minimum Gasteiger partial charge on any atom is -0.481 e. The van der Waals surface area contributed by atoms with E-state index in [9.17, 15) is 0 Å². The molecule has 98 valence electrons. The molecule has 2 rings (SSSR count). The van der Waals surface area contributed by atoms with Gasteiger partial charge < -0.3 is 15.4 Å². The van der Waals surface area contributed by atoms with Gasteiger partial charge in [0.2, 0.25) is 5.88 Å². The van der Waals surface area contributed by atoms with E-state index in [-0.39, 0.29) is 0 Å². The number of guanidine groups is 1. The maximum Gasteiger partial charge on any atom is 0.213 e. The van der Waals surface area contributed by atoms with Crippen LogP contribution in [0, 0.1) is 5.92 Å². The molecule has 1 fully saturated rings. The molecule has 1 aromatic rings. The summed E-state index contributed by atoms with van der Waals surface area (Å²) in [4.78, 5) is 8.27. The molecule has 5 heteroatoms. The lowest BCUT2D eigenvalue weighted by molar-refractivity contribution is 0.397. The molecule has 0 bridgehead atoms. The zero-order valence-electron chi connectivity index (χ0n) is 10.9. The van der Waals surface area contributed by atoms with Crippen LogP contribution in [0.3, 0.4) is 0 Å². The Hall–Kier alpha value is -1.78. The molecule has 1 heterocycles. The number of nitrogens with zero attached hydrogens (tertiary/aromatic N) is 2. The largest absolute Gasteiger partial charge is 0.481 e. The Bertz CT molecular complexity index is 415. The molecule has 1 saturated carbocycles. The predicted molar refractivity (Wildman–Crippen MR) is 71.7 cm³/mol. The van der Waals surface area contributed by atoms with E-state index >= 15 is 0 Å². The Labute approximate surface area is 108 Å². The number of hydrogen-bond acceptors (Lipinski definition) is 3. The highest BCUT2D eigenvalue weighted by Gasteiger charge is 2.20. The van der Waals surface area contributed by atoms with Crippen LogP contribution in [0.25, 0.3) is 0 Å². The first kappa shape index (κ1) is 12.7. The highest BCUT2D eigenvalue weighted by molar-refractivity contribution is 5.79. The van der Waals surface area contributed by atoms with Crippen molar-refractivity contribution in [3.05, 3.63) is 23.9 Å². The minimum absolute atomic E-state index is 0.634. The van der Waals surface area contributed by atoms with E-state index in [1.54, 1.807) is 20.4 Å². The van der Waals surface area contributed by atoms with Crippen molar-refractivity contribution >= 4 is 5.96 Å². The Morgan fingerprint density at radius 2 is 2.33 bits per heavy atom. The van der Waals surface area contributed by atoms with Gasteiger partial charge in [0, 0.05) is 32.4 Å². The summed E-state index contributed by atoms with van der Waals surface area (Å²) in [7, 11) is 3.41. The zero-order chi connectivity index (χ0) is 12.8. The average molecular weight is 248 g/mol. The van der Waals surface area contributed by atoms with E-state index in [0.29, 0.717) is 12.4 Å². The number of methoxy groups -OCH3 is 1. The normalized spacial score (nSPS) is 15.3. The molecule has 1 aliphatic rings. The number of rotatable bonds is 5. The summed E-state index contributed by atoms with van der Waals surface area (Å²) in [5, 5.41) is 6.60. The van der Waals surface area contributed by atoms with Gasteiger partial charge in [-0.2, -0.15) is 0 Å². The van der Waals surface area contributed by atoms with Gasteiger partial charge in [-0.3, -0.25) is 4.99 Å². The third-order valence-electron chi connectivity index (χ3n) is 2.95. The van der Waals surface area contributed by atoms with Gasteiger partial charge >= 0.3 is 0 Å². The fourth-order valence-corrected chi connectivity index (χ4v) is 1.64. The molecule has 0 amide bonds. The van der Waals surface area contributed by atoms with Crippen LogP contribution in [0.15, 0.2) is 23.3 Å². The summed E-state index contributed by atoms with van der Waals surface area (Å²) in [6.07, 6.45) is 4.42. The van der Waals surface area contributed by atoms with Gasteiger partial charge in [-0.1, -0.05) is 0 Å². The van der Waals surface area contributed by atoms with Crippen molar-refractivity contribution in [3.8, 4) is 5.88 Å². The van der Waals surface area contributed by atoms with Crippen molar-refractivity contribution in [2.75, 3.05) is 20.7 Å². The second-order valence-electron chi connectivity index (χ2n) is 4.46. The van der Waals surface area contributed by atoms with Crippen LogP contribution < -0.4 is 15.4 Å². The highest BCUT2D eigenvalue weighted by Crippen LogP contribution is 2.27. The zero-order valence-corrected chi connectivity index (χ0v) is 10.9. The Kier molecular flexibility index (Phi) is 4.39. The first-order chi connectivity index (χ1) is 8.81. The number of nitrogens with one attached hydrogen (secondary N) is 2. The fraction of sp³-hybridized carbons (Fsp3) is 0.538. The van der Waals surface area contributed by atoms with Crippen LogP contribution in [0.4, 0.5) is 0 Å². The lowest BCUT2D eigenvalue weighted by Crippen LogP contribution is -2.37. The number of aromatic nitrogens is 1. The van der Waals surface area contributed by atoms with Gasteiger partial charge in [0.25, 0.3) is 0 Å². The van der Waals surface area contributed by atoms with Crippen molar-refractivity contribution in [2.24, 2.45) is 10.9 Å². The van der Waals surface area contributed by atoms with Crippen LogP contribution in [-0.2, 0) is 6.54 Å². The quantitative estimate of drug-likeness (QED) is 0.606. The molecule has 1 aliphatic carbocycles. The molecule has 2 N–H and O–H groups in total. The van der Waals surface area contributed by atoms with Crippen LogP contribution in [0.2, 0.25) is 0 Å². The van der Waals surface area contributed by atoms with Gasteiger partial charge in [-0.25, -0.2) is 4.98 Å². The molecule has 18 heavy (non-hydrogen) atoms. The third kappa shape index (κ3) is 3.91. The van der Waals surface area contributed by atoms with E-state index in [4.69, 9.17) is 4.74 Å². The fourth-order valence-electron chi connectivity index (χ4n) is 1.64. The number of pyridine rings is 1. The lowest BCUT2D eigenvalue weighted by atomic mass is 10.2. The van der Waals surface area contributed by atoms with Gasteiger partial charge in [-0.05, 0) is 30.4 Å². The van der Waals surface area contributed by atoms with E-state index in [1.165, 1.54) is 12.8 Å². The van der Waals surface area contributed by atoms with Crippen LogP contribution >= 0.6 is 0 Å². The summed E-state index contributed by atoms with van der Waals surface area (Å²) >= 11 is 0. The summed E-state index contributed by atoms with van der Waals surface area (Å²) in [5.74, 6) is 2.32. The Balaban J connectivity index is 1.80. The molecule has 0 saturated heterocycles. The highest BCUT2D eigenvalue weighted by atomic mass is 16.5. The molecular weight excluding hydrogens is 228 g/mol. The van der Waals surface area contributed by atoms with Crippen molar-refractivity contribution < 1.29 is 4.74 Å². The summed E-state index contributed by atoms with van der Waals surface area (Å²) in [5.41, 5.74) is 1.12. The number of aliphatic imine (C=N–C) groups is 1. The Morgan fingerprint density at radius 1 is 1.50 bits per heavy atom. The van der Waals surface area contributed by atoms with Crippen LogP contribution in [0.5, 0.6) is 5.88 Å². The van der Waals surface area contributed by atoms with Crippen molar-refractivity contribution in [3.63, 3.8) is 0 Å². The number of hydrogen-bond donors (Lipinski definition) is 2. The van der Waals surface area contributed by atoms with Crippen LogP contribution in [0.1, 0.15) is 18.4 Å². The average Bonchev–Trinajstić information content (AvgIpc) is 3.23. The third-order valence-corrected chi connectivity index (χ3v) is 2.95. The smallest absolute Gasteiger partial charge is 0.213 e. The molecular formula is C13H20N4O. The molecule has 0 unspecified atom stereocenters. The molecule has 0 aliphatic heterocycles. The SMILES string of the molecule is CN=C(NCc1ccnc(OC)c1)NCC1CC1. The second-order valence-corrected chi connectivity index (χ2v) is 4.46. The summed E-state index contributed by atoms with van der Waals surface area (Å²) in [6, 6.07) is 3.88. The van der Waals surface area contributed by atoms with Gasteiger partial charge in [-0.15, -0.1) is 0 Å². The Morgan fingerprint density at radius 3 is 3.00 bits per heavy atom. The maximum absolute atomic E-state index is 5.09. The summed E-state index contributed by atoms with van der Waals surface area (Å²) in [6.45, 7) is 1.72. The van der Waals surface area contributed by atoms with E-state index in [2.05, 4.69) is 20.6 Å². The molecule has 0 aromatic carbocycles. The topological polar surface area (TPSA) is 58.5 Å². The second kappa shape index (κ2) is 6.23. The van der Waals surface area contributed by atoms with E-state index in [0.717, 1.165) is 24.0 Å². The van der Waals surface area contributed by atoms with Crippen molar-refractivity contribution in [1.82, 2.24) is 15.6 Å².